The second-order valence-electron chi connectivity index (χ2n) is 4.00. The van der Waals surface area contributed by atoms with E-state index in [0.717, 1.165) is 11.1 Å². The molecule has 1 N–H and O–H groups in total. The Morgan fingerprint density at radius 1 is 1.25 bits per heavy atom. The van der Waals surface area contributed by atoms with E-state index in [1.807, 2.05) is 19.9 Å². The van der Waals surface area contributed by atoms with Crippen LogP contribution in [0, 0.1) is 5.92 Å². The SMILES string of the molecule is CC(C)/C(=C/c1ccc(C(F)F)cc1)CO. The fraction of sp³-hybridized carbons (Fsp3) is 0.385. The lowest BCUT2D eigenvalue weighted by molar-refractivity contribution is 0.151. The summed E-state index contributed by atoms with van der Waals surface area (Å²) >= 11 is 0. The largest absolute Gasteiger partial charge is 0.392 e. The van der Waals surface area contributed by atoms with Gasteiger partial charge in [0.1, 0.15) is 0 Å². The number of hydrogen-bond acceptors (Lipinski definition) is 1. The fourth-order valence-electron chi connectivity index (χ4n) is 1.35. The highest BCUT2D eigenvalue weighted by Crippen LogP contribution is 2.20. The fourth-order valence-corrected chi connectivity index (χ4v) is 1.35. The van der Waals surface area contributed by atoms with Gasteiger partial charge >= 0.3 is 0 Å². The number of halogens is 2. The van der Waals surface area contributed by atoms with E-state index < -0.39 is 6.43 Å². The first-order valence-corrected chi connectivity index (χ1v) is 5.24. The molecule has 0 spiro atoms. The van der Waals surface area contributed by atoms with Crippen molar-refractivity contribution in [3.8, 4) is 0 Å². The molecule has 0 aliphatic rings. The van der Waals surface area contributed by atoms with E-state index >= 15 is 0 Å². The van der Waals surface area contributed by atoms with Crippen LogP contribution in [0.4, 0.5) is 8.78 Å². The first-order valence-electron chi connectivity index (χ1n) is 5.24. The summed E-state index contributed by atoms with van der Waals surface area (Å²) in [5.74, 6) is 0.250. The highest BCUT2D eigenvalue weighted by atomic mass is 19.3. The molecule has 0 heterocycles. The quantitative estimate of drug-likeness (QED) is 0.830. The Morgan fingerprint density at radius 3 is 2.19 bits per heavy atom. The van der Waals surface area contributed by atoms with Crippen LogP contribution in [-0.4, -0.2) is 11.7 Å². The highest BCUT2D eigenvalue weighted by Gasteiger charge is 2.06. The minimum atomic E-state index is -2.43. The van der Waals surface area contributed by atoms with Gasteiger partial charge < -0.3 is 5.11 Å². The van der Waals surface area contributed by atoms with Gasteiger partial charge in [0.2, 0.25) is 0 Å². The van der Waals surface area contributed by atoms with Crippen molar-refractivity contribution in [3.05, 3.63) is 41.0 Å². The first-order chi connectivity index (χ1) is 7.54. The number of hydrogen-bond donors (Lipinski definition) is 1. The van der Waals surface area contributed by atoms with E-state index in [-0.39, 0.29) is 18.1 Å². The van der Waals surface area contributed by atoms with Crippen LogP contribution in [0.15, 0.2) is 29.8 Å². The van der Waals surface area contributed by atoms with Crippen molar-refractivity contribution in [3.63, 3.8) is 0 Å². The molecule has 1 rings (SSSR count). The molecule has 0 unspecified atom stereocenters. The van der Waals surface area contributed by atoms with E-state index in [4.69, 9.17) is 5.11 Å². The van der Waals surface area contributed by atoms with Gasteiger partial charge in [-0.25, -0.2) is 8.78 Å². The summed E-state index contributed by atoms with van der Waals surface area (Å²) in [6, 6.07) is 6.09. The van der Waals surface area contributed by atoms with Crippen LogP contribution in [0.1, 0.15) is 31.4 Å². The molecule has 0 aromatic heterocycles. The first kappa shape index (κ1) is 12.8. The molecule has 0 radical (unpaired) electrons. The molecule has 16 heavy (non-hydrogen) atoms. The summed E-state index contributed by atoms with van der Waals surface area (Å²) in [5.41, 5.74) is 1.75. The summed E-state index contributed by atoms with van der Waals surface area (Å²) in [6.07, 6.45) is -0.597. The second kappa shape index (κ2) is 5.75. The Hall–Kier alpha value is -1.22. The number of benzene rings is 1. The van der Waals surface area contributed by atoms with Crippen LogP contribution in [0.2, 0.25) is 0 Å². The topological polar surface area (TPSA) is 20.2 Å². The van der Waals surface area contributed by atoms with Gasteiger partial charge in [-0.05, 0) is 17.1 Å². The molecule has 88 valence electrons. The van der Waals surface area contributed by atoms with Crippen molar-refractivity contribution in [2.75, 3.05) is 6.61 Å². The van der Waals surface area contributed by atoms with Crippen molar-refractivity contribution >= 4 is 6.08 Å². The zero-order valence-corrected chi connectivity index (χ0v) is 9.45. The molecule has 1 aromatic carbocycles. The number of aliphatic hydroxyl groups excluding tert-OH is 1. The maximum absolute atomic E-state index is 12.3. The molecule has 1 nitrogen and oxygen atoms in total. The summed E-state index contributed by atoms with van der Waals surface area (Å²) in [5, 5.41) is 9.11. The molecule has 0 bridgehead atoms. The standard InChI is InChI=1S/C13H16F2O/c1-9(2)12(8-16)7-10-3-5-11(6-4-10)13(14)15/h3-7,9,13,16H,8H2,1-2H3/b12-7+. The Labute approximate surface area is 94.4 Å². The molecule has 0 aliphatic carbocycles. The van der Waals surface area contributed by atoms with Crippen molar-refractivity contribution < 1.29 is 13.9 Å². The van der Waals surface area contributed by atoms with Crippen molar-refractivity contribution in [2.45, 2.75) is 20.3 Å². The van der Waals surface area contributed by atoms with E-state index in [0.29, 0.717) is 0 Å². The van der Waals surface area contributed by atoms with E-state index in [1.165, 1.54) is 12.1 Å². The second-order valence-corrected chi connectivity index (χ2v) is 4.00. The minimum Gasteiger partial charge on any atom is -0.392 e. The Bertz CT molecular complexity index is 353. The Kier molecular flexibility index (Phi) is 4.62. The average Bonchev–Trinajstić information content (AvgIpc) is 2.26. The molecule has 1 aromatic rings. The summed E-state index contributed by atoms with van der Waals surface area (Å²) in [6.45, 7) is 3.96. The van der Waals surface area contributed by atoms with Gasteiger partial charge in [0.25, 0.3) is 6.43 Å². The molecule has 0 amide bonds. The predicted molar refractivity (Wildman–Crippen MR) is 61.3 cm³/mol. The van der Waals surface area contributed by atoms with Gasteiger partial charge in [-0.3, -0.25) is 0 Å². The lowest BCUT2D eigenvalue weighted by Crippen LogP contribution is -1.98. The third kappa shape index (κ3) is 3.42. The third-order valence-corrected chi connectivity index (χ3v) is 2.46. The maximum Gasteiger partial charge on any atom is 0.263 e. The molecule has 0 atom stereocenters. The molecular formula is C13H16F2O. The number of alkyl halides is 2. The van der Waals surface area contributed by atoms with E-state index in [9.17, 15) is 8.78 Å². The van der Waals surface area contributed by atoms with Crippen LogP contribution in [0.3, 0.4) is 0 Å². The van der Waals surface area contributed by atoms with Crippen LogP contribution in [-0.2, 0) is 0 Å². The maximum atomic E-state index is 12.3. The molecule has 0 saturated heterocycles. The van der Waals surface area contributed by atoms with Crippen LogP contribution < -0.4 is 0 Å². The third-order valence-electron chi connectivity index (χ3n) is 2.46. The van der Waals surface area contributed by atoms with Crippen LogP contribution in [0.25, 0.3) is 6.08 Å². The summed E-state index contributed by atoms with van der Waals surface area (Å²) in [7, 11) is 0. The van der Waals surface area contributed by atoms with Crippen LogP contribution >= 0.6 is 0 Å². The monoisotopic (exact) mass is 226 g/mol. The van der Waals surface area contributed by atoms with E-state index in [1.54, 1.807) is 12.1 Å². The van der Waals surface area contributed by atoms with Crippen LogP contribution in [0.5, 0.6) is 0 Å². The molecular weight excluding hydrogens is 210 g/mol. The molecule has 0 aliphatic heterocycles. The summed E-state index contributed by atoms with van der Waals surface area (Å²) in [4.78, 5) is 0. The van der Waals surface area contributed by atoms with E-state index in [2.05, 4.69) is 0 Å². The van der Waals surface area contributed by atoms with Gasteiger partial charge in [-0.15, -0.1) is 0 Å². The molecule has 0 saturated carbocycles. The zero-order chi connectivity index (χ0) is 12.1. The Morgan fingerprint density at radius 2 is 1.81 bits per heavy atom. The van der Waals surface area contributed by atoms with Crippen molar-refractivity contribution in [2.24, 2.45) is 5.92 Å². The van der Waals surface area contributed by atoms with Gasteiger partial charge in [0.05, 0.1) is 6.61 Å². The van der Waals surface area contributed by atoms with Gasteiger partial charge in [0.15, 0.2) is 0 Å². The average molecular weight is 226 g/mol. The van der Waals surface area contributed by atoms with Gasteiger partial charge in [-0.1, -0.05) is 44.2 Å². The lowest BCUT2D eigenvalue weighted by atomic mass is 10.0. The molecule has 3 heteroatoms. The Balaban J connectivity index is 2.89. The lowest BCUT2D eigenvalue weighted by Gasteiger charge is -2.08. The molecule has 0 fully saturated rings. The predicted octanol–water partition coefficient (Wildman–Crippen LogP) is 3.66. The van der Waals surface area contributed by atoms with Crippen molar-refractivity contribution in [1.29, 1.82) is 0 Å². The number of aliphatic hydroxyl groups is 1. The smallest absolute Gasteiger partial charge is 0.263 e. The van der Waals surface area contributed by atoms with Crippen molar-refractivity contribution in [1.82, 2.24) is 0 Å². The highest BCUT2D eigenvalue weighted by molar-refractivity contribution is 5.53. The normalized spacial score (nSPS) is 12.6. The van der Waals surface area contributed by atoms with Gasteiger partial charge in [-0.2, -0.15) is 0 Å². The number of rotatable bonds is 4. The zero-order valence-electron chi connectivity index (χ0n) is 9.45. The summed E-state index contributed by atoms with van der Waals surface area (Å²) < 4.78 is 24.6. The minimum absolute atomic E-state index is 0.00569. The van der Waals surface area contributed by atoms with Gasteiger partial charge in [0, 0.05) is 5.56 Å².